The van der Waals surface area contributed by atoms with Gasteiger partial charge in [0, 0.05) is 19.1 Å². The van der Waals surface area contributed by atoms with E-state index in [1.807, 2.05) is 0 Å². The van der Waals surface area contributed by atoms with Gasteiger partial charge in [-0.3, -0.25) is 4.90 Å². The largest absolute Gasteiger partial charge is 0.292 e. The van der Waals surface area contributed by atoms with Crippen LogP contribution in [-0.4, -0.2) is 10.9 Å². The van der Waals surface area contributed by atoms with E-state index in [4.69, 9.17) is 0 Å². The van der Waals surface area contributed by atoms with Crippen LogP contribution in [0.3, 0.4) is 0 Å². The zero-order valence-corrected chi connectivity index (χ0v) is 10.2. The number of benzene rings is 1. The molecule has 1 aliphatic heterocycles. The Morgan fingerprint density at radius 3 is 2.40 bits per heavy atom. The van der Waals surface area contributed by atoms with Crippen LogP contribution in [0.25, 0.3) is 0 Å². The van der Waals surface area contributed by atoms with Gasteiger partial charge in [-0.1, -0.05) is 32.0 Å². The lowest BCUT2D eigenvalue weighted by molar-refractivity contribution is 0.227. The van der Waals surface area contributed by atoms with Crippen LogP contribution in [0, 0.1) is 0 Å². The van der Waals surface area contributed by atoms with Crippen molar-refractivity contribution in [1.29, 1.82) is 0 Å². The summed E-state index contributed by atoms with van der Waals surface area (Å²) in [6, 6.07) is 7.42. The van der Waals surface area contributed by atoms with Gasteiger partial charge in [0.1, 0.15) is 0 Å². The lowest BCUT2D eigenvalue weighted by Gasteiger charge is -2.19. The molecule has 0 spiro atoms. The van der Waals surface area contributed by atoms with Gasteiger partial charge < -0.3 is 0 Å². The Bertz CT molecular complexity index is 352. The predicted molar refractivity (Wildman–Crippen MR) is 64.9 cm³/mol. The Morgan fingerprint density at radius 1 is 1.07 bits per heavy atom. The van der Waals surface area contributed by atoms with Crippen LogP contribution in [0.5, 0.6) is 0 Å². The summed E-state index contributed by atoms with van der Waals surface area (Å²) < 4.78 is 0. The van der Waals surface area contributed by atoms with Gasteiger partial charge in [0.05, 0.1) is 0 Å². The SMILES string of the molecule is CC(C)c1cccc2c1CN(C(C)C)C2. The van der Waals surface area contributed by atoms with Crippen molar-refractivity contribution < 1.29 is 0 Å². The van der Waals surface area contributed by atoms with E-state index in [0.29, 0.717) is 12.0 Å². The highest BCUT2D eigenvalue weighted by Gasteiger charge is 2.23. The quantitative estimate of drug-likeness (QED) is 0.710. The Balaban J connectivity index is 2.33. The highest BCUT2D eigenvalue weighted by molar-refractivity contribution is 5.39. The molecular weight excluding hydrogens is 182 g/mol. The summed E-state index contributed by atoms with van der Waals surface area (Å²) in [6.07, 6.45) is 0. The van der Waals surface area contributed by atoms with E-state index in [2.05, 4.69) is 50.8 Å². The average Bonchev–Trinajstić information content (AvgIpc) is 2.60. The maximum atomic E-state index is 2.54. The first-order valence-corrected chi connectivity index (χ1v) is 5.94. The molecule has 0 N–H and O–H groups in total. The molecule has 1 aromatic rings. The molecule has 0 radical (unpaired) electrons. The van der Waals surface area contributed by atoms with Gasteiger partial charge in [-0.15, -0.1) is 0 Å². The summed E-state index contributed by atoms with van der Waals surface area (Å²) >= 11 is 0. The molecule has 0 fully saturated rings. The summed E-state index contributed by atoms with van der Waals surface area (Å²) in [5, 5.41) is 0. The lowest BCUT2D eigenvalue weighted by Crippen LogP contribution is -2.24. The third kappa shape index (κ3) is 1.93. The summed E-state index contributed by atoms with van der Waals surface area (Å²) in [6.45, 7) is 11.4. The van der Waals surface area contributed by atoms with Crippen molar-refractivity contribution in [3.05, 3.63) is 34.9 Å². The van der Waals surface area contributed by atoms with E-state index < -0.39 is 0 Å². The summed E-state index contributed by atoms with van der Waals surface area (Å²) in [4.78, 5) is 2.54. The van der Waals surface area contributed by atoms with E-state index in [9.17, 15) is 0 Å². The number of nitrogens with zero attached hydrogens (tertiary/aromatic N) is 1. The number of hydrogen-bond acceptors (Lipinski definition) is 1. The van der Waals surface area contributed by atoms with E-state index >= 15 is 0 Å². The first-order chi connectivity index (χ1) is 7.09. The molecular formula is C14H21N. The Morgan fingerprint density at radius 2 is 1.80 bits per heavy atom. The fraction of sp³-hybridized carbons (Fsp3) is 0.571. The Labute approximate surface area is 93.1 Å². The maximum Gasteiger partial charge on any atom is 0.0246 e. The molecule has 0 amide bonds. The van der Waals surface area contributed by atoms with E-state index in [0.717, 1.165) is 13.1 Å². The molecule has 0 unspecified atom stereocenters. The lowest BCUT2D eigenvalue weighted by atomic mass is 9.95. The molecule has 0 saturated carbocycles. The summed E-state index contributed by atoms with van der Waals surface area (Å²) in [7, 11) is 0. The van der Waals surface area contributed by atoms with Crippen LogP contribution in [0.2, 0.25) is 0 Å². The van der Waals surface area contributed by atoms with Gasteiger partial charge >= 0.3 is 0 Å². The molecule has 1 heteroatoms. The molecule has 0 atom stereocenters. The predicted octanol–water partition coefficient (Wildman–Crippen LogP) is 3.53. The third-order valence-corrected chi connectivity index (χ3v) is 3.40. The van der Waals surface area contributed by atoms with Gasteiger partial charge in [-0.05, 0) is 36.5 Å². The molecule has 15 heavy (non-hydrogen) atoms. The van der Waals surface area contributed by atoms with Crippen molar-refractivity contribution >= 4 is 0 Å². The third-order valence-electron chi connectivity index (χ3n) is 3.40. The highest BCUT2D eigenvalue weighted by Crippen LogP contribution is 2.30. The topological polar surface area (TPSA) is 3.24 Å². The summed E-state index contributed by atoms with van der Waals surface area (Å²) in [5.41, 5.74) is 4.66. The number of rotatable bonds is 2. The standard InChI is InChI=1S/C14H21N/c1-10(2)13-7-5-6-12-8-15(11(3)4)9-14(12)13/h5-7,10-11H,8-9H2,1-4H3. The van der Waals surface area contributed by atoms with Crippen LogP contribution >= 0.6 is 0 Å². The minimum absolute atomic E-state index is 0.645. The monoisotopic (exact) mass is 203 g/mol. The van der Waals surface area contributed by atoms with Gasteiger partial charge in [0.2, 0.25) is 0 Å². The van der Waals surface area contributed by atoms with Crippen molar-refractivity contribution in [3.63, 3.8) is 0 Å². The molecule has 82 valence electrons. The van der Waals surface area contributed by atoms with Crippen molar-refractivity contribution in [2.45, 2.75) is 52.7 Å². The van der Waals surface area contributed by atoms with Crippen LogP contribution < -0.4 is 0 Å². The number of hydrogen-bond donors (Lipinski definition) is 0. The first-order valence-electron chi connectivity index (χ1n) is 5.94. The van der Waals surface area contributed by atoms with Gasteiger partial charge in [-0.2, -0.15) is 0 Å². The van der Waals surface area contributed by atoms with Crippen LogP contribution in [0.1, 0.15) is 50.3 Å². The molecule has 0 saturated heterocycles. The second kappa shape index (κ2) is 3.97. The zero-order chi connectivity index (χ0) is 11.0. The Kier molecular flexibility index (Phi) is 2.83. The molecule has 1 heterocycles. The molecule has 1 nitrogen and oxygen atoms in total. The van der Waals surface area contributed by atoms with Crippen molar-refractivity contribution in [2.24, 2.45) is 0 Å². The normalized spacial score (nSPS) is 16.4. The minimum atomic E-state index is 0.645. The minimum Gasteiger partial charge on any atom is -0.292 e. The maximum absolute atomic E-state index is 2.54. The molecule has 1 aliphatic rings. The van der Waals surface area contributed by atoms with Crippen LogP contribution in [0.15, 0.2) is 18.2 Å². The molecule has 0 aliphatic carbocycles. The van der Waals surface area contributed by atoms with Crippen molar-refractivity contribution in [1.82, 2.24) is 4.90 Å². The van der Waals surface area contributed by atoms with Gasteiger partial charge in [-0.25, -0.2) is 0 Å². The zero-order valence-electron chi connectivity index (χ0n) is 10.2. The molecule has 0 aromatic heterocycles. The fourth-order valence-corrected chi connectivity index (χ4v) is 2.38. The highest BCUT2D eigenvalue weighted by atomic mass is 15.2. The molecule has 2 rings (SSSR count). The summed E-state index contributed by atoms with van der Waals surface area (Å²) in [5.74, 6) is 0.645. The fourth-order valence-electron chi connectivity index (χ4n) is 2.38. The number of fused-ring (bicyclic) bond motifs is 1. The van der Waals surface area contributed by atoms with E-state index in [1.54, 1.807) is 5.56 Å². The van der Waals surface area contributed by atoms with Crippen molar-refractivity contribution in [3.8, 4) is 0 Å². The smallest absolute Gasteiger partial charge is 0.0246 e. The Hall–Kier alpha value is -0.820. The van der Waals surface area contributed by atoms with E-state index in [1.165, 1.54) is 11.1 Å². The van der Waals surface area contributed by atoms with Gasteiger partial charge in [0.15, 0.2) is 0 Å². The van der Waals surface area contributed by atoms with Crippen LogP contribution in [0.4, 0.5) is 0 Å². The molecule has 0 bridgehead atoms. The van der Waals surface area contributed by atoms with Crippen LogP contribution in [-0.2, 0) is 13.1 Å². The van der Waals surface area contributed by atoms with E-state index in [-0.39, 0.29) is 0 Å². The average molecular weight is 203 g/mol. The van der Waals surface area contributed by atoms with Crippen molar-refractivity contribution in [2.75, 3.05) is 0 Å². The van der Waals surface area contributed by atoms with Gasteiger partial charge in [0.25, 0.3) is 0 Å². The second-order valence-electron chi connectivity index (χ2n) is 5.14. The second-order valence-corrected chi connectivity index (χ2v) is 5.14. The molecule has 1 aromatic carbocycles. The first kappa shape index (κ1) is 10.7.